The van der Waals surface area contributed by atoms with Crippen LogP contribution in [0.4, 0.5) is 0 Å². The van der Waals surface area contributed by atoms with Crippen molar-refractivity contribution in [3.63, 3.8) is 0 Å². The molecule has 0 saturated heterocycles. The molecule has 212 valence electrons. The van der Waals surface area contributed by atoms with Gasteiger partial charge in [0.15, 0.2) is 0 Å². The summed E-state index contributed by atoms with van der Waals surface area (Å²) in [6.07, 6.45) is 13.5. The second-order valence-corrected chi connectivity index (χ2v) is 10.7. The summed E-state index contributed by atoms with van der Waals surface area (Å²) in [5.74, 6) is -0.441. The molecule has 0 spiro atoms. The van der Waals surface area contributed by atoms with E-state index in [1.807, 2.05) is 48.5 Å². The van der Waals surface area contributed by atoms with Crippen molar-refractivity contribution in [2.45, 2.75) is 90.3 Å². The molecule has 0 saturated carbocycles. The minimum Gasteiger partial charge on any atom is -0.457 e. The molecule has 0 aromatic heterocycles. The molecular formula is C35H42O5. The monoisotopic (exact) mass is 542 g/mol. The predicted octanol–water partition coefficient (Wildman–Crippen LogP) is 8.28. The number of hydrogen-bond donors (Lipinski definition) is 0. The SMILES string of the molecule is CCCCCCCCCCOC1CCc2cc(C(=O)Oc3ccc(C(=O)OCc4ccccc4)cc3)ccc2C1. The van der Waals surface area contributed by atoms with Gasteiger partial charge in [0.05, 0.1) is 17.2 Å². The molecule has 0 bridgehead atoms. The van der Waals surface area contributed by atoms with E-state index in [1.54, 1.807) is 24.3 Å². The van der Waals surface area contributed by atoms with Crippen molar-refractivity contribution < 1.29 is 23.8 Å². The summed E-state index contributed by atoms with van der Waals surface area (Å²) in [5, 5.41) is 0. The van der Waals surface area contributed by atoms with Gasteiger partial charge in [-0.2, -0.15) is 0 Å². The van der Waals surface area contributed by atoms with E-state index >= 15 is 0 Å². The zero-order chi connectivity index (χ0) is 28.0. The lowest BCUT2D eigenvalue weighted by Crippen LogP contribution is -2.23. The van der Waals surface area contributed by atoms with Gasteiger partial charge < -0.3 is 14.2 Å². The highest BCUT2D eigenvalue weighted by molar-refractivity contribution is 5.92. The Kier molecular flexibility index (Phi) is 11.8. The third-order valence-electron chi connectivity index (χ3n) is 7.49. The van der Waals surface area contributed by atoms with Gasteiger partial charge in [0.1, 0.15) is 12.4 Å². The Morgan fingerprint density at radius 3 is 2.20 bits per heavy atom. The van der Waals surface area contributed by atoms with E-state index in [2.05, 4.69) is 6.92 Å². The molecule has 0 aliphatic heterocycles. The molecule has 1 atom stereocenters. The fourth-order valence-electron chi connectivity index (χ4n) is 5.11. The van der Waals surface area contributed by atoms with Crippen molar-refractivity contribution >= 4 is 11.9 Å². The largest absolute Gasteiger partial charge is 0.457 e. The van der Waals surface area contributed by atoms with Crippen molar-refractivity contribution in [1.29, 1.82) is 0 Å². The number of fused-ring (bicyclic) bond motifs is 1. The first-order valence-electron chi connectivity index (χ1n) is 14.9. The van der Waals surface area contributed by atoms with Crippen molar-refractivity contribution in [3.05, 3.63) is 101 Å². The third-order valence-corrected chi connectivity index (χ3v) is 7.49. The van der Waals surface area contributed by atoms with Gasteiger partial charge in [-0.05, 0) is 78.8 Å². The molecule has 3 aromatic carbocycles. The van der Waals surface area contributed by atoms with Crippen LogP contribution in [0.15, 0.2) is 72.8 Å². The first-order valence-corrected chi connectivity index (χ1v) is 14.9. The zero-order valence-corrected chi connectivity index (χ0v) is 23.7. The Morgan fingerprint density at radius 1 is 0.750 bits per heavy atom. The second kappa shape index (κ2) is 16.0. The van der Waals surface area contributed by atoms with Crippen molar-refractivity contribution in [2.24, 2.45) is 0 Å². The average molecular weight is 543 g/mol. The second-order valence-electron chi connectivity index (χ2n) is 10.7. The van der Waals surface area contributed by atoms with E-state index in [-0.39, 0.29) is 12.7 Å². The number of hydrogen-bond acceptors (Lipinski definition) is 5. The van der Waals surface area contributed by atoms with E-state index in [9.17, 15) is 9.59 Å². The minimum absolute atomic E-state index is 0.209. The molecular weight excluding hydrogens is 500 g/mol. The van der Waals surface area contributed by atoms with Gasteiger partial charge in [-0.25, -0.2) is 9.59 Å². The van der Waals surface area contributed by atoms with Crippen LogP contribution in [-0.2, 0) is 28.9 Å². The van der Waals surface area contributed by atoms with Crippen LogP contribution in [-0.4, -0.2) is 24.6 Å². The number of carbonyl (C=O) groups is 2. The van der Waals surface area contributed by atoms with Crippen LogP contribution in [0.3, 0.4) is 0 Å². The van der Waals surface area contributed by atoms with Gasteiger partial charge in [0.2, 0.25) is 0 Å². The first-order chi connectivity index (χ1) is 19.6. The molecule has 1 unspecified atom stereocenters. The fraction of sp³-hybridized carbons (Fsp3) is 0.429. The summed E-state index contributed by atoms with van der Waals surface area (Å²) in [5.41, 5.74) is 4.31. The van der Waals surface area contributed by atoms with Crippen LogP contribution in [0.25, 0.3) is 0 Å². The molecule has 3 aromatic rings. The van der Waals surface area contributed by atoms with Gasteiger partial charge in [0.25, 0.3) is 0 Å². The Bertz CT molecular complexity index is 1200. The highest BCUT2D eigenvalue weighted by Crippen LogP contribution is 2.25. The predicted molar refractivity (Wildman–Crippen MR) is 158 cm³/mol. The van der Waals surface area contributed by atoms with Crippen LogP contribution in [0.1, 0.15) is 102 Å². The normalized spacial score (nSPS) is 14.4. The van der Waals surface area contributed by atoms with E-state index in [1.165, 1.54) is 56.1 Å². The van der Waals surface area contributed by atoms with E-state index in [4.69, 9.17) is 14.2 Å². The van der Waals surface area contributed by atoms with E-state index < -0.39 is 11.9 Å². The molecule has 0 fully saturated rings. The summed E-state index contributed by atoms with van der Waals surface area (Å²) in [4.78, 5) is 25.1. The number of rotatable bonds is 15. The molecule has 1 aliphatic rings. The Balaban J connectivity index is 1.18. The van der Waals surface area contributed by atoms with Gasteiger partial charge in [0, 0.05) is 6.61 Å². The van der Waals surface area contributed by atoms with Crippen LogP contribution >= 0.6 is 0 Å². The Labute approximate surface area is 238 Å². The number of unbranched alkanes of at least 4 members (excludes halogenated alkanes) is 7. The minimum atomic E-state index is -0.420. The van der Waals surface area contributed by atoms with Gasteiger partial charge in [-0.1, -0.05) is 88.3 Å². The lowest BCUT2D eigenvalue weighted by atomic mass is 9.88. The Morgan fingerprint density at radius 2 is 1.45 bits per heavy atom. The number of carbonyl (C=O) groups excluding carboxylic acids is 2. The van der Waals surface area contributed by atoms with Crippen molar-refractivity contribution in [1.82, 2.24) is 0 Å². The fourth-order valence-corrected chi connectivity index (χ4v) is 5.11. The smallest absolute Gasteiger partial charge is 0.343 e. The topological polar surface area (TPSA) is 61.8 Å². The molecule has 40 heavy (non-hydrogen) atoms. The van der Waals surface area contributed by atoms with Gasteiger partial charge in [-0.3, -0.25) is 0 Å². The standard InChI is InChI=1S/C35H42O5/c1-2-3-4-5-6-7-8-12-23-38-33-22-19-29-24-31(16-15-30(29)25-33)35(37)40-32-20-17-28(18-21-32)34(36)39-26-27-13-10-9-11-14-27/h9-11,13-18,20-21,24,33H,2-8,12,19,22-23,25-26H2,1H3. The maximum atomic E-state index is 12.8. The number of esters is 2. The summed E-state index contributed by atoms with van der Waals surface area (Å²) < 4.78 is 17.1. The van der Waals surface area contributed by atoms with E-state index in [0.717, 1.165) is 37.9 Å². The molecule has 0 radical (unpaired) electrons. The van der Waals surface area contributed by atoms with Crippen LogP contribution in [0.2, 0.25) is 0 Å². The number of ether oxygens (including phenoxy) is 3. The summed E-state index contributed by atoms with van der Waals surface area (Å²) >= 11 is 0. The lowest BCUT2D eigenvalue weighted by molar-refractivity contribution is 0.0416. The molecule has 0 N–H and O–H groups in total. The van der Waals surface area contributed by atoms with Crippen molar-refractivity contribution in [3.8, 4) is 5.75 Å². The summed E-state index contributed by atoms with van der Waals surface area (Å²) in [7, 11) is 0. The molecule has 1 aliphatic carbocycles. The van der Waals surface area contributed by atoms with Crippen LogP contribution in [0, 0.1) is 0 Å². The lowest BCUT2D eigenvalue weighted by Gasteiger charge is -2.25. The zero-order valence-electron chi connectivity index (χ0n) is 23.7. The van der Waals surface area contributed by atoms with Crippen LogP contribution < -0.4 is 4.74 Å². The van der Waals surface area contributed by atoms with Crippen molar-refractivity contribution in [2.75, 3.05) is 6.61 Å². The van der Waals surface area contributed by atoms with E-state index in [0.29, 0.717) is 16.9 Å². The van der Waals surface area contributed by atoms with Gasteiger partial charge >= 0.3 is 11.9 Å². The molecule has 4 rings (SSSR count). The molecule has 5 heteroatoms. The number of aryl methyl sites for hydroxylation is 1. The van der Waals surface area contributed by atoms with Gasteiger partial charge in [-0.15, -0.1) is 0 Å². The highest BCUT2D eigenvalue weighted by Gasteiger charge is 2.21. The maximum Gasteiger partial charge on any atom is 0.343 e. The summed E-state index contributed by atoms with van der Waals surface area (Å²) in [6, 6.07) is 21.8. The molecule has 5 nitrogen and oxygen atoms in total. The van der Waals surface area contributed by atoms with Crippen LogP contribution in [0.5, 0.6) is 5.75 Å². The Hall–Kier alpha value is -3.44. The number of benzene rings is 3. The maximum absolute atomic E-state index is 12.8. The highest BCUT2D eigenvalue weighted by atomic mass is 16.5. The quantitative estimate of drug-likeness (QED) is 0.110. The average Bonchev–Trinajstić information content (AvgIpc) is 2.99. The summed E-state index contributed by atoms with van der Waals surface area (Å²) in [6.45, 7) is 3.30. The molecule has 0 amide bonds. The first kappa shape index (κ1) is 29.5. The third kappa shape index (κ3) is 9.34. The molecule has 0 heterocycles.